The number of carbonyl (C=O) groups excluding carboxylic acids is 1. The van der Waals surface area contributed by atoms with Crippen LogP contribution >= 0.6 is 0 Å². The number of nitrogens with zero attached hydrogens (tertiary/aromatic N) is 6. The summed E-state index contributed by atoms with van der Waals surface area (Å²) in [5.41, 5.74) is -0.494. The molecule has 2 aliphatic rings. The highest BCUT2D eigenvalue weighted by Crippen LogP contribution is 2.51. The Morgan fingerprint density at radius 3 is 2.24 bits per heavy atom. The Labute approximate surface area is 269 Å². The van der Waals surface area contributed by atoms with Gasteiger partial charge in [-0.3, -0.25) is 4.79 Å². The summed E-state index contributed by atoms with van der Waals surface area (Å²) in [6, 6.07) is 5.95. The van der Waals surface area contributed by atoms with Crippen molar-refractivity contribution < 1.29 is 27.2 Å². The summed E-state index contributed by atoms with van der Waals surface area (Å²) >= 11 is 0. The molecule has 2 saturated heterocycles. The molecule has 0 unspecified atom stereocenters. The molecule has 0 spiro atoms. The number of ether oxygens (including phenoxy) is 2. The fraction of sp³-hybridized carbons (Fsp3) is 0.710. The van der Waals surface area contributed by atoms with Crippen LogP contribution in [0.25, 0.3) is 5.52 Å². The van der Waals surface area contributed by atoms with Crippen LogP contribution in [-0.2, 0) is 32.8 Å². The second-order valence-corrected chi connectivity index (χ2v) is 22.7. The predicted molar refractivity (Wildman–Crippen MR) is 176 cm³/mol. The summed E-state index contributed by atoms with van der Waals surface area (Å²) in [6.45, 7) is 20.7. The highest BCUT2D eigenvalue weighted by molar-refractivity contribution is 6.84. The number of carbonyl (C=O) groups is 1. The zero-order chi connectivity index (χ0) is 33.5. The van der Waals surface area contributed by atoms with E-state index in [9.17, 15) is 10.1 Å². The normalized spacial score (nSPS) is 26.5. The number of nitriles is 1. The molecule has 0 N–H and O–H groups in total. The van der Waals surface area contributed by atoms with E-state index in [4.69, 9.17) is 22.4 Å². The molecule has 2 aliphatic heterocycles. The molecule has 45 heavy (non-hydrogen) atoms. The first kappa shape index (κ1) is 35.2. The number of aliphatic imine (C=N–C) groups is 1. The van der Waals surface area contributed by atoms with Crippen LogP contribution in [0.4, 0.5) is 5.82 Å². The molecule has 248 valence electrons. The van der Waals surface area contributed by atoms with Crippen molar-refractivity contribution in [3.63, 3.8) is 0 Å². The van der Waals surface area contributed by atoms with Gasteiger partial charge in [0.15, 0.2) is 11.9 Å². The van der Waals surface area contributed by atoms with E-state index < -0.39 is 52.9 Å². The van der Waals surface area contributed by atoms with Crippen LogP contribution in [0.1, 0.15) is 74.9 Å². The van der Waals surface area contributed by atoms with E-state index in [1.807, 2.05) is 14.1 Å². The van der Waals surface area contributed by atoms with Crippen LogP contribution in [0, 0.1) is 17.2 Å². The van der Waals surface area contributed by atoms with Gasteiger partial charge in [-0.2, -0.15) is 10.4 Å². The second kappa shape index (κ2) is 13.2. The number of fused-ring (bicyclic) bond motifs is 2. The van der Waals surface area contributed by atoms with Crippen molar-refractivity contribution in [3.05, 3.63) is 24.2 Å². The maximum atomic E-state index is 13.3. The van der Waals surface area contributed by atoms with Gasteiger partial charge in [-0.25, -0.2) is 14.5 Å². The van der Waals surface area contributed by atoms with Gasteiger partial charge in [0.05, 0.1) is 24.6 Å². The first-order chi connectivity index (χ1) is 21.1. The average Bonchev–Trinajstić information content (AvgIpc) is 3.51. The minimum Gasteiger partial charge on any atom is -0.455 e. The second-order valence-electron chi connectivity index (χ2n) is 13.9. The molecule has 4 heterocycles. The van der Waals surface area contributed by atoms with E-state index in [2.05, 4.69) is 76.5 Å². The summed E-state index contributed by atoms with van der Waals surface area (Å²) in [4.78, 5) is 24.0. The van der Waals surface area contributed by atoms with Gasteiger partial charge >= 0.3 is 23.1 Å². The quantitative estimate of drug-likeness (QED) is 0.145. The summed E-state index contributed by atoms with van der Waals surface area (Å²) in [5, 5.41) is 15.6. The van der Waals surface area contributed by atoms with Crippen LogP contribution in [0.3, 0.4) is 0 Å². The molecule has 4 atom stereocenters. The lowest BCUT2D eigenvalue weighted by Crippen LogP contribution is -2.66. The van der Waals surface area contributed by atoms with Crippen LogP contribution in [0.5, 0.6) is 0 Å². The Morgan fingerprint density at radius 1 is 1.09 bits per heavy atom. The summed E-state index contributed by atoms with van der Waals surface area (Å²) in [6.07, 6.45) is 0.348. The van der Waals surface area contributed by atoms with Gasteiger partial charge in [0.25, 0.3) is 0 Å². The third-order valence-electron chi connectivity index (χ3n) is 8.84. The summed E-state index contributed by atoms with van der Waals surface area (Å²) in [7, 11) is -2.29. The van der Waals surface area contributed by atoms with Crippen LogP contribution < -0.4 is 0 Å². The monoisotopic (exact) mass is 658 g/mol. The number of hydrogen-bond acceptors (Lipinski definition) is 10. The topological polar surface area (TPSA) is 133 Å². The molecule has 2 aromatic heterocycles. The van der Waals surface area contributed by atoms with E-state index >= 15 is 0 Å². The lowest BCUT2D eigenvalue weighted by molar-refractivity contribution is -0.163. The third-order valence-corrected chi connectivity index (χ3v) is 19.1. The van der Waals surface area contributed by atoms with Crippen molar-refractivity contribution >= 4 is 40.8 Å². The molecule has 0 saturated carbocycles. The van der Waals surface area contributed by atoms with E-state index in [1.54, 1.807) is 41.7 Å². The molecular formula is C31H50N6O6Si2. The maximum absolute atomic E-state index is 13.3. The zero-order valence-electron chi connectivity index (χ0n) is 28.8. The Bertz CT molecular complexity index is 1420. The first-order valence-corrected chi connectivity index (χ1v) is 19.9. The van der Waals surface area contributed by atoms with E-state index in [1.165, 1.54) is 6.33 Å². The third kappa shape index (κ3) is 6.10. The van der Waals surface area contributed by atoms with Crippen LogP contribution in [0.2, 0.25) is 22.2 Å². The fourth-order valence-corrected chi connectivity index (χ4v) is 17.6. The van der Waals surface area contributed by atoms with E-state index in [0.29, 0.717) is 17.0 Å². The standard InChI is InChI=1S/C31H50N6O6Si2/c1-19(2)30(38)40-28-27-25(15-39-44(20(3)4,21(5)6)43-45(42-27,22(7)8)23(9)10)41-31(28,16-32)26-14-13-24-29(34-18-36(11)12)33-17-35-37(24)26/h13-14,17-23,25,27-28H,15H2,1-12H3/b34-18-/t25-,27-,28-,31+/m1/s1. The van der Waals surface area contributed by atoms with Crippen LogP contribution in [-0.4, -0.2) is 87.9 Å². The Balaban J connectivity index is 1.96. The highest BCUT2D eigenvalue weighted by Gasteiger charge is 2.67. The van der Waals surface area contributed by atoms with Gasteiger partial charge in [0, 0.05) is 14.1 Å². The SMILES string of the molecule is CC(C)C(=O)O[C@@H]1[C@@H]2O[Si](C(C)C)(C(C)C)O[Si](C(C)C)(C(C)C)OC[C@H]2O[C@@]1(C#N)c1ccc2c(/N=C\N(C)C)ncnn12. The molecule has 4 rings (SSSR count). The van der Waals surface area contributed by atoms with Crippen molar-refractivity contribution in [3.8, 4) is 6.07 Å². The van der Waals surface area contributed by atoms with Gasteiger partial charge in [0.2, 0.25) is 5.60 Å². The summed E-state index contributed by atoms with van der Waals surface area (Å²) in [5.74, 6) is -0.488. The Kier molecular flexibility index (Phi) is 10.3. The molecule has 2 fully saturated rings. The van der Waals surface area contributed by atoms with Gasteiger partial charge < -0.3 is 27.3 Å². The number of hydrogen-bond donors (Lipinski definition) is 0. The molecule has 0 aromatic carbocycles. The summed E-state index contributed by atoms with van der Waals surface area (Å²) < 4.78 is 36.2. The van der Waals surface area contributed by atoms with Crippen molar-refractivity contribution in [2.75, 3.05) is 20.7 Å². The molecule has 0 amide bonds. The lowest BCUT2D eigenvalue weighted by Gasteiger charge is -2.51. The molecule has 2 aromatic rings. The molecule has 12 nitrogen and oxygen atoms in total. The molecule has 0 aliphatic carbocycles. The Hall–Kier alpha value is -2.68. The Morgan fingerprint density at radius 2 is 1.71 bits per heavy atom. The van der Waals surface area contributed by atoms with Crippen molar-refractivity contribution in [1.82, 2.24) is 19.5 Å². The average molecular weight is 659 g/mol. The smallest absolute Gasteiger partial charge is 0.335 e. The largest absolute Gasteiger partial charge is 0.455 e. The predicted octanol–water partition coefficient (Wildman–Crippen LogP) is 5.59. The van der Waals surface area contributed by atoms with Crippen molar-refractivity contribution in [1.29, 1.82) is 5.26 Å². The van der Waals surface area contributed by atoms with Crippen molar-refractivity contribution in [2.45, 2.75) is 115 Å². The highest BCUT2D eigenvalue weighted by atomic mass is 28.5. The molecular weight excluding hydrogens is 609 g/mol. The molecule has 0 radical (unpaired) electrons. The van der Waals surface area contributed by atoms with E-state index in [0.717, 1.165) is 0 Å². The zero-order valence-corrected chi connectivity index (χ0v) is 30.8. The van der Waals surface area contributed by atoms with Crippen LogP contribution in [0.15, 0.2) is 23.5 Å². The molecule has 0 bridgehead atoms. The number of rotatable bonds is 9. The van der Waals surface area contributed by atoms with Gasteiger partial charge in [0.1, 0.15) is 30.1 Å². The number of esters is 1. The van der Waals surface area contributed by atoms with Gasteiger partial charge in [-0.1, -0.05) is 69.2 Å². The minimum atomic E-state index is -3.13. The minimum absolute atomic E-state index is 0.0294. The van der Waals surface area contributed by atoms with Crippen molar-refractivity contribution in [2.24, 2.45) is 10.9 Å². The van der Waals surface area contributed by atoms with Gasteiger partial charge in [-0.15, -0.1) is 0 Å². The van der Waals surface area contributed by atoms with Gasteiger partial charge in [-0.05, 0) is 34.3 Å². The molecule has 14 heteroatoms. The maximum Gasteiger partial charge on any atom is 0.335 e. The lowest BCUT2D eigenvalue weighted by atomic mass is 9.92. The number of aromatic nitrogens is 3. The first-order valence-electron chi connectivity index (χ1n) is 15.9. The van der Waals surface area contributed by atoms with E-state index in [-0.39, 0.29) is 28.8 Å². The fourth-order valence-electron chi connectivity index (χ4n) is 6.44.